The predicted octanol–water partition coefficient (Wildman–Crippen LogP) is 2.81. The van der Waals surface area contributed by atoms with E-state index in [2.05, 4.69) is 0 Å². The number of para-hydroxylation sites is 1. The Morgan fingerprint density at radius 3 is 2.13 bits per heavy atom. The second-order valence-corrected chi connectivity index (χ2v) is 5.95. The molecule has 0 aliphatic heterocycles. The first-order valence-corrected chi connectivity index (χ1v) is 8.19. The zero-order valence-electron chi connectivity index (χ0n) is 12.8. The summed E-state index contributed by atoms with van der Waals surface area (Å²) in [6.07, 6.45) is 0. The lowest BCUT2D eigenvalue weighted by molar-refractivity contribution is 0.0523. The van der Waals surface area contributed by atoms with E-state index >= 15 is 0 Å². The third kappa shape index (κ3) is 6.09. The first kappa shape index (κ1) is 18.7. The third-order valence-corrected chi connectivity index (χ3v) is 3.59. The molecule has 0 atom stereocenters. The highest BCUT2D eigenvalue weighted by Gasteiger charge is 2.09. The summed E-state index contributed by atoms with van der Waals surface area (Å²) in [6.45, 7) is 3.87. The number of phenolic OH excluding ortho intramolecular Hbond substituents is 1. The molecule has 7 heteroatoms. The Bertz CT molecular complexity index is 750. The van der Waals surface area contributed by atoms with Gasteiger partial charge in [-0.05, 0) is 38.1 Å². The highest BCUT2D eigenvalue weighted by Crippen LogP contribution is 2.16. The quantitative estimate of drug-likeness (QED) is 0.659. The molecule has 0 aliphatic carbocycles. The SMILES string of the molecule is CCOC(=O)c1ccccc1O.Cc1ccc(S(=O)(=O)O)cc1. The van der Waals surface area contributed by atoms with E-state index in [1.807, 2.05) is 6.92 Å². The van der Waals surface area contributed by atoms with Crippen molar-refractivity contribution in [3.63, 3.8) is 0 Å². The minimum atomic E-state index is -4.02. The number of carbonyl (C=O) groups excluding carboxylic acids is 1. The molecular weight excluding hydrogens is 320 g/mol. The molecule has 0 amide bonds. The van der Waals surface area contributed by atoms with Gasteiger partial charge < -0.3 is 9.84 Å². The van der Waals surface area contributed by atoms with Crippen LogP contribution in [0, 0.1) is 6.92 Å². The van der Waals surface area contributed by atoms with Gasteiger partial charge in [-0.2, -0.15) is 8.42 Å². The fourth-order valence-electron chi connectivity index (χ4n) is 1.57. The van der Waals surface area contributed by atoms with Gasteiger partial charge in [0.1, 0.15) is 11.3 Å². The van der Waals surface area contributed by atoms with Crippen LogP contribution in [0.25, 0.3) is 0 Å². The lowest BCUT2D eigenvalue weighted by atomic mass is 10.2. The van der Waals surface area contributed by atoms with Gasteiger partial charge in [0.15, 0.2) is 0 Å². The molecule has 0 radical (unpaired) electrons. The minimum Gasteiger partial charge on any atom is -0.507 e. The Morgan fingerprint density at radius 2 is 1.65 bits per heavy atom. The topological polar surface area (TPSA) is 101 Å². The molecule has 2 aromatic rings. The van der Waals surface area contributed by atoms with E-state index in [1.165, 1.54) is 24.3 Å². The molecule has 0 bridgehead atoms. The first-order valence-electron chi connectivity index (χ1n) is 6.75. The number of aromatic hydroxyl groups is 1. The number of ether oxygens (including phenoxy) is 1. The van der Waals surface area contributed by atoms with Crippen LogP contribution in [-0.4, -0.2) is 30.7 Å². The fourth-order valence-corrected chi connectivity index (χ4v) is 2.05. The van der Waals surface area contributed by atoms with Crippen molar-refractivity contribution in [3.8, 4) is 5.75 Å². The van der Waals surface area contributed by atoms with Gasteiger partial charge in [0, 0.05) is 0 Å². The Morgan fingerprint density at radius 1 is 1.09 bits per heavy atom. The average molecular weight is 338 g/mol. The molecule has 0 spiro atoms. The summed E-state index contributed by atoms with van der Waals surface area (Å²) in [4.78, 5) is 11.0. The largest absolute Gasteiger partial charge is 0.507 e. The number of hydrogen-bond acceptors (Lipinski definition) is 5. The molecule has 0 fully saturated rings. The second-order valence-electron chi connectivity index (χ2n) is 4.53. The summed E-state index contributed by atoms with van der Waals surface area (Å²) in [5.74, 6) is -0.536. The number of phenols is 1. The molecule has 6 nitrogen and oxygen atoms in total. The number of aryl methyl sites for hydroxylation is 1. The van der Waals surface area contributed by atoms with Gasteiger partial charge in [0.25, 0.3) is 10.1 Å². The maximum Gasteiger partial charge on any atom is 0.341 e. The minimum absolute atomic E-state index is 0.0454. The van der Waals surface area contributed by atoms with Crippen LogP contribution in [0.3, 0.4) is 0 Å². The van der Waals surface area contributed by atoms with Crippen molar-refractivity contribution in [1.29, 1.82) is 0 Å². The standard InChI is InChI=1S/C9H10O3.C7H8O3S/c1-2-12-9(11)7-5-3-4-6-8(7)10;1-6-2-4-7(5-3-6)11(8,9)10/h3-6,10H,2H2,1H3;2-5H,1H3,(H,8,9,10). The van der Waals surface area contributed by atoms with Crippen molar-refractivity contribution in [2.24, 2.45) is 0 Å². The molecule has 124 valence electrons. The van der Waals surface area contributed by atoms with Crippen LogP contribution in [0.2, 0.25) is 0 Å². The predicted molar refractivity (Wildman–Crippen MR) is 85.1 cm³/mol. The van der Waals surface area contributed by atoms with Crippen molar-refractivity contribution in [1.82, 2.24) is 0 Å². The van der Waals surface area contributed by atoms with Crippen molar-refractivity contribution in [2.45, 2.75) is 18.7 Å². The van der Waals surface area contributed by atoms with Crippen LogP contribution < -0.4 is 0 Å². The van der Waals surface area contributed by atoms with Crippen molar-refractivity contribution >= 4 is 16.1 Å². The molecule has 23 heavy (non-hydrogen) atoms. The normalized spacial score (nSPS) is 10.4. The van der Waals surface area contributed by atoms with Gasteiger partial charge in [-0.3, -0.25) is 4.55 Å². The summed E-state index contributed by atoms with van der Waals surface area (Å²) in [7, 11) is -4.02. The maximum absolute atomic E-state index is 11.1. The molecule has 0 aromatic heterocycles. The van der Waals surface area contributed by atoms with E-state index < -0.39 is 16.1 Å². The maximum atomic E-state index is 11.1. The number of carbonyl (C=O) groups is 1. The lowest BCUT2D eigenvalue weighted by Gasteiger charge is -2.02. The number of hydrogen-bond donors (Lipinski definition) is 2. The van der Waals surface area contributed by atoms with Crippen LogP contribution in [-0.2, 0) is 14.9 Å². The lowest BCUT2D eigenvalue weighted by Crippen LogP contribution is -2.04. The molecule has 2 N–H and O–H groups in total. The summed E-state index contributed by atoms with van der Waals surface area (Å²) >= 11 is 0. The first-order chi connectivity index (χ1) is 10.8. The van der Waals surface area contributed by atoms with Crippen LogP contribution in [0.5, 0.6) is 5.75 Å². The van der Waals surface area contributed by atoms with E-state index in [4.69, 9.17) is 9.29 Å². The molecule has 0 heterocycles. The van der Waals surface area contributed by atoms with Crippen LogP contribution in [0.15, 0.2) is 53.4 Å². The molecule has 0 saturated carbocycles. The summed E-state index contributed by atoms with van der Waals surface area (Å²) in [6, 6.07) is 12.3. The van der Waals surface area contributed by atoms with Crippen LogP contribution in [0.4, 0.5) is 0 Å². The Labute approximate surface area is 135 Å². The number of benzene rings is 2. The molecule has 0 unspecified atom stereocenters. The fraction of sp³-hybridized carbons (Fsp3) is 0.188. The van der Waals surface area contributed by atoms with Gasteiger partial charge in [-0.1, -0.05) is 29.8 Å². The highest BCUT2D eigenvalue weighted by molar-refractivity contribution is 7.85. The van der Waals surface area contributed by atoms with E-state index in [0.717, 1.165) is 5.56 Å². The highest BCUT2D eigenvalue weighted by atomic mass is 32.2. The van der Waals surface area contributed by atoms with Crippen LogP contribution in [0.1, 0.15) is 22.8 Å². The number of rotatable bonds is 3. The monoisotopic (exact) mass is 338 g/mol. The molecule has 0 aliphatic rings. The molecular formula is C16H18O6S. The Kier molecular flexibility index (Phi) is 6.74. The molecule has 0 saturated heterocycles. The van der Waals surface area contributed by atoms with Crippen molar-refractivity contribution in [3.05, 3.63) is 59.7 Å². The Hall–Kier alpha value is -2.38. The number of esters is 1. The zero-order valence-corrected chi connectivity index (χ0v) is 13.6. The van der Waals surface area contributed by atoms with Crippen LogP contribution >= 0.6 is 0 Å². The summed E-state index contributed by atoms with van der Waals surface area (Å²) in [5.41, 5.74) is 1.16. The van der Waals surface area contributed by atoms with E-state index in [1.54, 1.807) is 31.2 Å². The zero-order chi connectivity index (χ0) is 17.5. The van der Waals surface area contributed by atoms with Gasteiger partial charge in [0.2, 0.25) is 0 Å². The Balaban J connectivity index is 0.000000231. The summed E-state index contributed by atoms with van der Waals surface area (Å²) < 4.78 is 34.3. The van der Waals surface area contributed by atoms with Crippen molar-refractivity contribution in [2.75, 3.05) is 6.61 Å². The average Bonchev–Trinajstić information content (AvgIpc) is 2.48. The van der Waals surface area contributed by atoms with E-state index in [-0.39, 0.29) is 16.2 Å². The molecule has 2 aromatic carbocycles. The summed E-state index contributed by atoms with van der Waals surface area (Å²) in [5, 5.41) is 9.21. The van der Waals surface area contributed by atoms with Gasteiger partial charge in [-0.15, -0.1) is 0 Å². The van der Waals surface area contributed by atoms with Gasteiger partial charge in [-0.25, -0.2) is 4.79 Å². The van der Waals surface area contributed by atoms with E-state index in [0.29, 0.717) is 6.61 Å². The van der Waals surface area contributed by atoms with Crippen molar-refractivity contribution < 1.29 is 27.6 Å². The smallest absolute Gasteiger partial charge is 0.341 e. The van der Waals surface area contributed by atoms with E-state index in [9.17, 15) is 18.3 Å². The third-order valence-electron chi connectivity index (χ3n) is 2.72. The van der Waals surface area contributed by atoms with Gasteiger partial charge in [0.05, 0.1) is 11.5 Å². The molecule has 2 rings (SSSR count). The van der Waals surface area contributed by atoms with Gasteiger partial charge >= 0.3 is 5.97 Å². The second kappa shape index (κ2) is 8.30.